The van der Waals surface area contributed by atoms with E-state index in [2.05, 4.69) is 5.32 Å². The molecular formula is C20H32N2O3S. The van der Waals surface area contributed by atoms with E-state index in [4.69, 9.17) is 0 Å². The van der Waals surface area contributed by atoms with Crippen molar-refractivity contribution < 1.29 is 13.2 Å². The maximum absolute atomic E-state index is 12.6. The standard InChI is InChI=1S/C20H32N2O3S/c1-16(2)18-13-9-10-14-19(18)22(26(3,24)25)15-20(23)21-17-11-7-5-4-6-8-12-17/h9-10,13-14,16-17H,4-8,11-12,15H2,1-3H3,(H,21,23). The second-order valence-corrected chi connectivity index (χ2v) is 9.50. The zero-order valence-corrected chi connectivity index (χ0v) is 17.0. The van der Waals surface area contributed by atoms with Gasteiger partial charge < -0.3 is 5.32 Å². The van der Waals surface area contributed by atoms with E-state index >= 15 is 0 Å². The quantitative estimate of drug-likeness (QED) is 0.816. The summed E-state index contributed by atoms with van der Waals surface area (Å²) in [6.07, 6.45) is 9.06. The van der Waals surface area contributed by atoms with Crippen molar-refractivity contribution in [2.45, 2.75) is 70.8 Å². The van der Waals surface area contributed by atoms with E-state index in [0.717, 1.165) is 37.5 Å². The molecule has 0 aliphatic heterocycles. The van der Waals surface area contributed by atoms with Gasteiger partial charge in [0.2, 0.25) is 15.9 Å². The van der Waals surface area contributed by atoms with E-state index in [0.29, 0.717) is 5.69 Å². The first-order valence-corrected chi connectivity index (χ1v) is 11.5. The first-order chi connectivity index (χ1) is 12.3. The highest BCUT2D eigenvalue weighted by molar-refractivity contribution is 7.92. The van der Waals surface area contributed by atoms with Gasteiger partial charge in [-0.25, -0.2) is 8.42 Å². The Labute approximate surface area is 158 Å². The average Bonchev–Trinajstić information content (AvgIpc) is 2.54. The van der Waals surface area contributed by atoms with E-state index in [1.54, 1.807) is 6.07 Å². The van der Waals surface area contributed by atoms with Gasteiger partial charge in [-0.3, -0.25) is 9.10 Å². The molecule has 1 aliphatic carbocycles. The Bertz CT molecular complexity index is 693. The maximum Gasteiger partial charge on any atom is 0.240 e. The van der Waals surface area contributed by atoms with Crippen molar-refractivity contribution in [3.05, 3.63) is 29.8 Å². The fraction of sp³-hybridized carbons (Fsp3) is 0.650. The number of sulfonamides is 1. The minimum atomic E-state index is -3.55. The van der Waals surface area contributed by atoms with Gasteiger partial charge in [-0.2, -0.15) is 0 Å². The molecule has 1 aromatic rings. The fourth-order valence-electron chi connectivity index (χ4n) is 3.59. The third-order valence-electron chi connectivity index (χ3n) is 4.99. The molecule has 1 saturated carbocycles. The molecule has 0 atom stereocenters. The van der Waals surface area contributed by atoms with E-state index in [9.17, 15) is 13.2 Å². The van der Waals surface area contributed by atoms with Crippen molar-refractivity contribution >= 4 is 21.6 Å². The molecule has 1 N–H and O–H groups in total. The normalized spacial score (nSPS) is 16.8. The van der Waals surface area contributed by atoms with Crippen LogP contribution in [0.25, 0.3) is 0 Å². The summed E-state index contributed by atoms with van der Waals surface area (Å²) in [5.74, 6) is -0.0522. The Kier molecular flexibility index (Phi) is 7.50. The lowest BCUT2D eigenvalue weighted by Crippen LogP contribution is -2.44. The summed E-state index contributed by atoms with van der Waals surface area (Å²) >= 11 is 0. The molecule has 0 radical (unpaired) electrons. The number of amides is 1. The molecular weight excluding hydrogens is 348 g/mol. The van der Waals surface area contributed by atoms with Crippen molar-refractivity contribution in [2.75, 3.05) is 17.1 Å². The van der Waals surface area contributed by atoms with Gasteiger partial charge in [-0.15, -0.1) is 0 Å². The van der Waals surface area contributed by atoms with E-state index < -0.39 is 10.0 Å². The molecule has 0 unspecified atom stereocenters. The highest BCUT2D eigenvalue weighted by Crippen LogP contribution is 2.28. The molecule has 1 fully saturated rings. The van der Waals surface area contributed by atoms with E-state index in [1.807, 2.05) is 32.0 Å². The zero-order valence-electron chi connectivity index (χ0n) is 16.2. The van der Waals surface area contributed by atoms with Crippen LogP contribution in [0.15, 0.2) is 24.3 Å². The van der Waals surface area contributed by atoms with Gasteiger partial charge in [0.15, 0.2) is 0 Å². The number of nitrogens with one attached hydrogen (secondary N) is 1. The molecule has 5 nitrogen and oxygen atoms in total. The average molecular weight is 381 g/mol. The Morgan fingerprint density at radius 1 is 1.12 bits per heavy atom. The second kappa shape index (κ2) is 9.40. The summed E-state index contributed by atoms with van der Waals surface area (Å²) in [7, 11) is -3.55. The van der Waals surface area contributed by atoms with Crippen LogP contribution >= 0.6 is 0 Å². The molecule has 2 rings (SSSR count). The monoisotopic (exact) mass is 380 g/mol. The van der Waals surface area contributed by atoms with Crippen LogP contribution in [0.2, 0.25) is 0 Å². The molecule has 0 aromatic heterocycles. The first kappa shape index (κ1) is 20.7. The number of carbonyl (C=O) groups is 1. The van der Waals surface area contributed by atoms with Crippen molar-refractivity contribution in [3.8, 4) is 0 Å². The van der Waals surface area contributed by atoms with Gasteiger partial charge >= 0.3 is 0 Å². The second-order valence-electron chi connectivity index (χ2n) is 7.59. The predicted molar refractivity (Wildman–Crippen MR) is 107 cm³/mol. The van der Waals surface area contributed by atoms with Crippen LogP contribution in [0.1, 0.15) is 70.3 Å². The fourth-order valence-corrected chi connectivity index (χ4v) is 4.46. The van der Waals surface area contributed by atoms with Crippen LogP contribution in [0.3, 0.4) is 0 Å². The lowest BCUT2D eigenvalue weighted by atomic mass is 9.97. The number of hydrogen-bond donors (Lipinski definition) is 1. The Balaban J connectivity index is 2.15. The summed E-state index contributed by atoms with van der Waals surface area (Å²) in [5, 5.41) is 3.06. The van der Waals surface area contributed by atoms with Crippen LogP contribution in [0, 0.1) is 0 Å². The van der Waals surface area contributed by atoms with Gasteiger partial charge in [0.05, 0.1) is 11.9 Å². The zero-order chi connectivity index (χ0) is 19.2. The summed E-state index contributed by atoms with van der Waals surface area (Å²) in [5.41, 5.74) is 1.52. The summed E-state index contributed by atoms with van der Waals surface area (Å²) in [4.78, 5) is 12.6. The predicted octanol–water partition coefficient (Wildman–Crippen LogP) is 3.81. The Morgan fingerprint density at radius 3 is 2.27 bits per heavy atom. The number of nitrogens with zero attached hydrogens (tertiary/aromatic N) is 1. The van der Waals surface area contributed by atoms with Crippen LogP contribution in [-0.2, 0) is 14.8 Å². The van der Waals surface area contributed by atoms with Crippen molar-refractivity contribution in [1.29, 1.82) is 0 Å². The molecule has 0 heterocycles. The number of para-hydroxylation sites is 1. The molecule has 0 spiro atoms. The van der Waals surface area contributed by atoms with Gasteiger partial charge in [-0.1, -0.05) is 64.2 Å². The molecule has 6 heteroatoms. The molecule has 1 amide bonds. The maximum atomic E-state index is 12.6. The highest BCUT2D eigenvalue weighted by Gasteiger charge is 2.25. The number of rotatable bonds is 6. The largest absolute Gasteiger partial charge is 0.352 e. The van der Waals surface area contributed by atoms with Crippen molar-refractivity contribution in [1.82, 2.24) is 5.32 Å². The van der Waals surface area contributed by atoms with Crippen LogP contribution < -0.4 is 9.62 Å². The van der Waals surface area contributed by atoms with Crippen molar-refractivity contribution in [3.63, 3.8) is 0 Å². The SMILES string of the molecule is CC(C)c1ccccc1N(CC(=O)NC1CCCCCCC1)S(C)(=O)=O. The summed E-state index contributed by atoms with van der Waals surface area (Å²) < 4.78 is 26.0. The summed E-state index contributed by atoms with van der Waals surface area (Å²) in [6, 6.07) is 7.56. The smallest absolute Gasteiger partial charge is 0.240 e. The number of hydrogen-bond acceptors (Lipinski definition) is 3. The van der Waals surface area contributed by atoms with Crippen LogP contribution in [-0.4, -0.2) is 33.2 Å². The van der Waals surface area contributed by atoms with Gasteiger partial charge in [0.1, 0.15) is 6.54 Å². The van der Waals surface area contributed by atoms with E-state index in [-0.39, 0.29) is 24.4 Å². The third-order valence-corrected chi connectivity index (χ3v) is 6.11. The van der Waals surface area contributed by atoms with Gasteiger partial charge in [-0.05, 0) is 30.4 Å². The molecule has 1 aliphatic rings. The molecule has 1 aromatic carbocycles. The highest BCUT2D eigenvalue weighted by atomic mass is 32.2. The van der Waals surface area contributed by atoms with Crippen molar-refractivity contribution in [2.24, 2.45) is 0 Å². The minimum Gasteiger partial charge on any atom is -0.352 e. The van der Waals surface area contributed by atoms with E-state index in [1.165, 1.54) is 23.6 Å². The number of carbonyl (C=O) groups excluding carboxylic acids is 1. The number of benzene rings is 1. The molecule has 0 saturated heterocycles. The van der Waals surface area contributed by atoms with Crippen LogP contribution in [0.4, 0.5) is 5.69 Å². The van der Waals surface area contributed by atoms with Gasteiger partial charge in [0, 0.05) is 6.04 Å². The number of anilines is 1. The van der Waals surface area contributed by atoms with Crippen LogP contribution in [0.5, 0.6) is 0 Å². The lowest BCUT2D eigenvalue weighted by molar-refractivity contribution is -0.120. The lowest BCUT2D eigenvalue weighted by Gasteiger charge is -2.27. The topological polar surface area (TPSA) is 66.5 Å². The third kappa shape index (κ3) is 6.01. The Hall–Kier alpha value is -1.56. The van der Waals surface area contributed by atoms with Gasteiger partial charge in [0.25, 0.3) is 0 Å². The minimum absolute atomic E-state index is 0.157. The molecule has 0 bridgehead atoms. The molecule has 146 valence electrons. The Morgan fingerprint density at radius 2 is 1.69 bits per heavy atom. The molecule has 26 heavy (non-hydrogen) atoms. The summed E-state index contributed by atoms with van der Waals surface area (Å²) in [6.45, 7) is 3.88. The first-order valence-electron chi connectivity index (χ1n) is 9.65.